The Bertz CT molecular complexity index is 374. The number of amides is 1. The van der Waals surface area contributed by atoms with E-state index in [0.717, 1.165) is 11.5 Å². The van der Waals surface area contributed by atoms with E-state index in [0.29, 0.717) is 18.9 Å². The minimum absolute atomic E-state index is 0.0562. The van der Waals surface area contributed by atoms with Gasteiger partial charge < -0.3 is 15.2 Å². The number of carbonyl (C=O) groups excluding carboxylic acids is 1. The maximum atomic E-state index is 11.9. The van der Waals surface area contributed by atoms with E-state index in [1.165, 1.54) is 0 Å². The van der Waals surface area contributed by atoms with E-state index in [1.54, 1.807) is 11.9 Å². The summed E-state index contributed by atoms with van der Waals surface area (Å²) in [6.45, 7) is 6.35. The van der Waals surface area contributed by atoms with Crippen LogP contribution in [0, 0.1) is 12.8 Å². The van der Waals surface area contributed by atoms with Crippen molar-refractivity contribution in [3.8, 4) is 0 Å². The van der Waals surface area contributed by atoms with E-state index >= 15 is 0 Å². The number of rotatable bonds is 5. The Hall–Kier alpha value is -1.36. The number of hydrogen-bond donors (Lipinski definition) is 1. The Morgan fingerprint density at radius 1 is 1.59 bits per heavy atom. The molecule has 0 fully saturated rings. The molecular formula is C12H21N3O2. The van der Waals surface area contributed by atoms with Crippen LogP contribution in [0.5, 0.6) is 0 Å². The van der Waals surface area contributed by atoms with Crippen molar-refractivity contribution in [2.45, 2.75) is 39.8 Å². The summed E-state index contributed by atoms with van der Waals surface area (Å²) in [5, 5.41) is 3.85. The quantitative estimate of drug-likeness (QED) is 0.841. The van der Waals surface area contributed by atoms with Crippen LogP contribution < -0.4 is 5.73 Å². The average molecular weight is 239 g/mol. The first-order chi connectivity index (χ1) is 7.90. The number of hydrogen-bond acceptors (Lipinski definition) is 4. The number of carbonyl (C=O) groups is 1. The van der Waals surface area contributed by atoms with Gasteiger partial charge in [0.15, 0.2) is 0 Å². The Morgan fingerprint density at radius 3 is 2.71 bits per heavy atom. The third-order valence-electron chi connectivity index (χ3n) is 2.49. The van der Waals surface area contributed by atoms with E-state index in [4.69, 9.17) is 10.3 Å². The molecule has 5 heteroatoms. The fraction of sp³-hybridized carbons (Fsp3) is 0.667. The highest BCUT2D eigenvalue weighted by Gasteiger charge is 2.19. The van der Waals surface area contributed by atoms with Crippen LogP contribution in [-0.2, 0) is 11.3 Å². The molecule has 0 aromatic carbocycles. The lowest BCUT2D eigenvalue weighted by atomic mass is 10.0. The van der Waals surface area contributed by atoms with Gasteiger partial charge in [-0.25, -0.2) is 0 Å². The summed E-state index contributed by atoms with van der Waals surface area (Å²) in [7, 11) is 1.73. The second kappa shape index (κ2) is 5.82. The van der Waals surface area contributed by atoms with Crippen molar-refractivity contribution >= 4 is 5.91 Å². The minimum atomic E-state index is -0.437. The third kappa shape index (κ3) is 4.19. The summed E-state index contributed by atoms with van der Waals surface area (Å²) in [5.41, 5.74) is 6.59. The number of aromatic nitrogens is 1. The Morgan fingerprint density at radius 2 is 2.24 bits per heavy atom. The lowest BCUT2D eigenvalue weighted by Gasteiger charge is -2.21. The number of likely N-dealkylation sites (N-methyl/N-ethyl adjacent to an activating group) is 1. The van der Waals surface area contributed by atoms with Crippen LogP contribution in [0.3, 0.4) is 0 Å². The highest BCUT2D eigenvalue weighted by molar-refractivity contribution is 5.81. The molecule has 1 amide bonds. The van der Waals surface area contributed by atoms with Gasteiger partial charge >= 0.3 is 0 Å². The van der Waals surface area contributed by atoms with Crippen LogP contribution in [0.15, 0.2) is 10.6 Å². The molecular weight excluding hydrogens is 218 g/mol. The van der Waals surface area contributed by atoms with Crippen LogP contribution in [-0.4, -0.2) is 29.1 Å². The van der Waals surface area contributed by atoms with Gasteiger partial charge in [-0.05, 0) is 19.3 Å². The smallest absolute Gasteiger partial charge is 0.239 e. The highest BCUT2D eigenvalue weighted by atomic mass is 16.5. The first-order valence-electron chi connectivity index (χ1n) is 5.83. The summed E-state index contributed by atoms with van der Waals surface area (Å²) in [6.07, 6.45) is 0.695. The molecule has 0 aliphatic rings. The van der Waals surface area contributed by atoms with Gasteiger partial charge in [-0.1, -0.05) is 19.0 Å². The van der Waals surface area contributed by atoms with Crippen LogP contribution in [0.25, 0.3) is 0 Å². The fourth-order valence-electron chi connectivity index (χ4n) is 1.71. The zero-order valence-electron chi connectivity index (χ0n) is 10.9. The monoisotopic (exact) mass is 239 g/mol. The van der Waals surface area contributed by atoms with Crippen LogP contribution in [0.4, 0.5) is 0 Å². The van der Waals surface area contributed by atoms with Crippen molar-refractivity contribution < 1.29 is 9.32 Å². The molecule has 2 N–H and O–H groups in total. The van der Waals surface area contributed by atoms with Crippen molar-refractivity contribution in [3.05, 3.63) is 17.5 Å². The molecule has 0 radical (unpaired) electrons. The second-order valence-electron chi connectivity index (χ2n) is 4.86. The average Bonchev–Trinajstić information content (AvgIpc) is 2.61. The molecule has 1 rings (SSSR count). The summed E-state index contributed by atoms with van der Waals surface area (Å²) in [6, 6.07) is 1.38. The predicted molar refractivity (Wildman–Crippen MR) is 65.1 cm³/mol. The SMILES string of the molecule is Cc1cc(CN(C)C(=O)[C@@H](N)CC(C)C)no1. The van der Waals surface area contributed by atoms with Gasteiger partial charge in [-0.3, -0.25) is 4.79 Å². The van der Waals surface area contributed by atoms with Crippen molar-refractivity contribution in [3.63, 3.8) is 0 Å². The van der Waals surface area contributed by atoms with Crippen molar-refractivity contribution in [1.82, 2.24) is 10.1 Å². The normalized spacial score (nSPS) is 12.8. The minimum Gasteiger partial charge on any atom is -0.361 e. The third-order valence-corrected chi connectivity index (χ3v) is 2.49. The van der Waals surface area contributed by atoms with Crippen LogP contribution >= 0.6 is 0 Å². The lowest BCUT2D eigenvalue weighted by Crippen LogP contribution is -2.42. The first-order valence-corrected chi connectivity index (χ1v) is 5.83. The molecule has 0 saturated heterocycles. The van der Waals surface area contributed by atoms with Crippen molar-refractivity contribution in [2.75, 3.05) is 7.05 Å². The van der Waals surface area contributed by atoms with Crippen LogP contribution in [0.2, 0.25) is 0 Å². The lowest BCUT2D eigenvalue weighted by molar-refractivity contribution is -0.132. The van der Waals surface area contributed by atoms with Crippen molar-refractivity contribution in [2.24, 2.45) is 11.7 Å². The zero-order chi connectivity index (χ0) is 13.0. The molecule has 17 heavy (non-hydrogen) atoms. The Labute approximate surface area is 102 Å². The second-order valence-corrected chi connectivity index (χ2v) is 4.86. The van der Waals surface area contributed by atoms with E-state index in [-0.39, 0.29) is 5.91 Å². The number of aryl methyl sites for hydroxylation is 1. The molecule has 0 saturated carbocycles. The Kier molecular flexibility index (Phi) is 4.69. The zero-order valence-corrected chi connectivity index (χ0v) is 10.9. The molecule has 1 atom stereocenters. The standard InChI is InChI=1S/C12H21N3O2/c1-8(2)5-11(13)12(16)15(4)7-10-6-9(3)17-14-10/h6,8,11H,5,7,13H2,1-4H3/t11-/m0/s1. The molecule has 0 aliphatic heterocycles. The molecule has 0 aliphatic carbocycles. The highest BCUT2D eigenvalue weighted by Crippen LogP contribution is 2.08. The van der Waals surface area contributed by atoms with E-state index < -0.39 is 6.04 Å². The topological polar surface area (TPSA) is 72.4 Å². The Balaban J connectivity index is 2.52. The summed E-state index contributed by atoms with van der Waals surface area (Å²) < 4.78 is 4.95. The van der Waals surface area contributed by atoms with Gasteiger partial charge in [0.05, 0.1) is 12.6 Å². The summed E-state index contributed by atoms with van der Waals surface area (Å²) in [4.78, 5) is 13.5. The maximum absolute atomic E-state index is 11.9. The molecule has 0 bridgehead atoms. The molecule has 0 spiro atoms. The molecule has 0 unspecified atom stereocenters. The van der Waals surface area contributed by atoms with Crippen LogP contribution in [0.1, 0.15) is 31.7 Å². The number of nitrogens with zero attached hydrogens (tertiary/aromatic N) is 2. The van der Waals surface area contributed by atoms with Gasteiger partial charge in [0, 0.05) is 13.1 Å². The molecule has 1 aromatic rings. The molecule has 1 aromatic heterocycles. The largest absolute Gasteiger partial charge is 0.361 e. The van der Waals surface area contributed by atoms with E-state index in [2.05, 4.69) is 5.16 Å². The fourth-order valence-corrected chi connectivity index (χ4v) is 1.71. The molecule has 5 nitrogen and oxygen atoms in total. The molecule has 96 valence electrons. The van der Waals surface area contributed by atoms with Gasteiger partial charge in [0.25, 0.3) is 0 Å². The van der Waals surface area contributed by atoms with Crippen molar-refractivity contribution in [1.29, 1.82) is 0 Å². The summed E-state index contributed by atoms with van der Waals surface area (Å²) in [5.74, 6) is 1.10. The van der Waals surface area contributed by atoms with Gasteiger partial charge in [-0.2, -0.15) is 0 Å². The van der Waals surface area contributed by atoms with E-state index in [1.807, 2.05) is 26.8 Å². The van der Waals surface area contributed by atoms with E-state index in [9.17, 15) is 4.79 Å². The summed E-state index contributed by atoms with van der Waals surface area (Å²) >= 11 is 0. The molecule has 1 heterocycles. The van der Waals surface area contributed by atoms with Gasteiger partial charge in [0.1, 0.15) is 11.5 Å². The number of nitrogens with two attached hydrogens (primary N) is 1. The predicted octanol–water partition coefficient (Wildman–Crippen LogP) is 1.31. The maximum Gasteiger partial charge on any atom is 0.239 e. The van der Waals surface area contributed by atoms with Gasteiger partial charge in [-0.15, -0.1) is 0 Å². The first kappa shape index (κ1) is 13.7. The van der Waals surface area contributed by atoms with Gasteiger partial charge in [0.2, 0.25) is 5.91 Å².